The number of β-amino-alcohol motifs (C(OH)–C–C–N with tert-alkyl or cyclic N) is 1. The third kappa shape index (κ3) is 3.53. The third-order valence-corrected chi connectivity index (χ3v) is 6.15. The lowest BCUT2D eigenvalue weighted by Gasteiger charge is -2.20. The zero-order valence-corrected chi connectivity index (χ0v) is 19.0. The molecule has 1 unspecified atom stereocenters. The minimum absolute atomic E-state index is 0.210. The Kier molecular flexibility index (Phi) is 4.94. The molecule has 32 heavy (non-hydrogen) atoms. The number of hydrogen-bond acceptors (Lipinski definition) is 6. The fourth-order valence-electron chi connectivity index (χ4n) is 4.22. The normalized spacial score (nSPS) is 17.0. The van der Waals surface area contributed by atoms with Crippen molar-refractivity contribution in [2.45, 2.75) is 45.3 Å². The molecule has 1 fully saturated rings. The highest BCUT2D eigenvalue weighted by molar-refractivity contribution is 6.30. The number of hydrogen-bond donors (Lipinski definition) is 1. The van der Waals surface area contributed by atoms with Gasteiger partial charge in [0.05, 0.1) is 30.0 Å². The van der Waals surface area contributed by atoms with Crippen LogP contribution in [0, 0.1) is 0 Å². The maximum Gasteiger partial charge on any atom is 0.336 e. The standard InChI is InChI=1S/C23H25ClN6O2/c1-23(2,3)21-27-26-20-19-18(10-16(11-25-19)28-9-8-17(31)13-28)29(22(32)30(20)21)12-14-4-6-15(24)7-5-14/h4-7,10-11,17,31H,8-9,12-13H2,1-3H3. The average molecular weight is 453 g/mol. The van der Waals surface area contributed by atoms with Crippen molar-refractivity contribution in [1.82, 2.24) is 24.1 Å². The van der Waals surface area contributed by atoms with Crippen LogP contribution in [0.2, 0.25) is 5.02 Å². The first-order chi connectivity index (χ1) is 15.2. The maximum atomic E-state index is 13.8. The van der Waals surface area contributed by atoms with E-state index in [4.69, 9.17) is 16.6 Å². The number of rotatable bonds is 3. The number of nitrogens with zero attached hydrogens (tertiary/aromatic N) is 6. The lowest BCUT2D eigenvalue weighted by molar-refractivity contribution is 0.198. The predicted octanol–water partition coefficient (Wildman–Crippen LogP) is 3.01. The molecule has 3 aromatic heterocycles. The molecule has 0 aliphatic carbocycles. The largest absolute Gasteiger partial charge is 0.391 e. The minimum atomic E-state index is -0.365. The molecule has 1 N–H and O–H groups in total. The zero-order valence-electron chi connectivity index (χ0n) is 18.3. The van der Waals surface area contributed by atoms with Gasteiger partial charge in [0.2, 0.25) is 0 Å². The summed E-state index contributed by atoms with van der Waals surface area (Å²) in [6, 6.07) is 9.42. The molecule has 0 spiro atoms. The van der Waals surface area contributed by atoms with Crippen molar-refractivity contribution in [3.8, 4) is 0 Å². The van der Waals surface area contributed by atoms with Gasteiger partial charge in [-0.25, -0.2) is 14.2 Å². The zero-order chi connectivity index (χ0) is 22.6. The number of halogens is 1. The molecular weight excluding hydrogens is 428 g/mol. The van der Waals surface area contributed by atoms with Crippen molar-refractivity contribution in [2.75, 3.05) is 18.0 Å². The average Bonchev–Trinajstić information content (AvgIpc) is 3.39. The summed E-state index contributed by atoms with van der Waals surface area (Å²) in [7, 11) is 0. The van der Waals surface area contributed by atoms with E-state index in [1.165, 1.54) is 0 Å². The van der Waals surface area contributed by atoms with Gasteiger partial charge in [-0.2, -0.15) is 0 Å². The molecule has 1 aliphatic heterocycles. The molecule has 4 aromatic rings. The second-order valence-electron chi connectivity index (χ2n) is 9.38. The SMILES string of the molecule is CC(C)(C)c1nnc2c3ncc(N4CCC(O)C4)cc3n(Cc3ccc(Cl)cc3)c(=O)n12. The Labute approximate surface area is 190 Å². The Morgan fingerprint density at radius 3 is 2.59 bits per heavy atom. The first-order valence-corrected chi connectivity index (χ1v) is 11.1. The fraction of sp³-hybridized carbons (Fsp3) is 0.391. The lowest BCUT2D eigenvalue weighted by Crippen LogP contribution is -2.32. The van der Waals surface area contributed by atoms with Crippen molar-refractivity contribution >= 4 is 34.0 Å². The summed E-state index contributed by atoms with van der Waals surface area (Å²) < 4.78 is 3.29. The highest BCUT2D eigenvalue weighted by Gasteiger charge is 2.27. The summed E-state index contributed by atoms with van der Waals surface area (Å²) in [4.78, 5) is 20.6. The van der Waals surface area contributed by atoms with Crippen molar-refractivity contribution in [3.05, 3.63) is 63.4 Å². The van der Waals surface area contributed by atoms with Crippen LogP contribution < -0.4 is 10.6 Å². The van der Waals surface area contributed by atoms with Crippen LogP contribution in [0.1, 0.15) is 38.6 Å². The first kappa shape index (κ1) is 20.9. The van der Waals surface area contributed by atoms with Crippen molar-refractivity contribution in [2.24, 2.45) is 0 Å². The van der Waals surface area contributed by atoms with E-state index in [1.807, 2.05) is 51.1 Å². The van der Waals surface area contributed by atoms with Crippen molar-refractivity contribution < 1.29 is 5.11 Å². The van der Waals surface area contributed by atoms with Crippen LogP contribution in [-0.2, 0) is 12.0 Å². The second kappa shape index (κ2) is 7.56. The number of aliphatic hydroxyl groups is 1. The summed E-state index contributed by atoms with van der Waals surface area (Å²) in [5.74, 6) is 0.595. The van der Waals surface area contributed by atoms with E-state index in [0.29, 0.717) is 47.0 Å². The molecular formula is C23H25ClN6O2. The van der Waals surface area contributed by atoms with E-state index in [1.54, 1.807) is 15.2 Å². The van der Waals surface area contributed by atoms with Gasteiger partial charge >= 0.3 is 5.69 Å². The second-order valence-corrected chi connectivity index (χ2v) is 9.81. The summed E-state index contributed by atoms with van der Waals surface area (Å²) >= 11 is 6.06. The quantitative estimate of drug-likeness (QED) is 0.514. The monoisotopic (exact) mass is 452 g/mol. The molecule has 1 atom stereocenters. The molecule has 0 radical (unpaired) electrons. The number of benzene rings is 1. The Morgan fingerprint density at radius 2 is 1.94 bits per heavy atom. The smallest absolute Gasteiger partial charge is 0.336 e. The van der Waals surface area contributed by atoms with E-state index >= 15 is 0 Å². The number of anilines is 1. The maximum absolute atomic E-state index is 13.8. The molecule has 1 aliphatic rings. The Balaban J connectivity index is 1.77. The predicted molar refractivity (Wildman–Crippen MR) is 125 cm³/mol. The Morgan fingerprint density at radius 1 is 1.19 bits per heavy atom. The fourth-order valence-corrected chi connectivity index (χ4v) is 4.35. The molecule has 1 saturated heterocycles. The molecule has 5 rings (SSSR count). The van der Waals surface area contributed by atoms with Crippen LogP contribution >= 0.6 is 11.6 Å². The molecule has 9 heteroatoms. The van der Waals surface area contributed by atoms with Crippen LogP contribution in [0.15, 0.2) is 41.3 Å². The Hall–Kier alpha value is -2.97. The summed E-state index contributed by atoms with van der Waals surface area (Å²) in [6.07, 6.45) is 2.15. The number of fused-ring (bicyclic) bond motifs is 3. The van der Waals surface area contributed by atoms with Crippen LogP contribution in [0.5, 0.6) is 0 Å². The van der Waals surface area contributed by atoms with Gasteiger partial charge < -0.3 is 10.0 Å². The topological polar surface area (TPSA) is 88.5 Å². The number of pyridine rings is 1. The Bertz CT molecular complexity index is 1370. The van der Waals surface area contributed by atoms with Gasteiger partial charge in [0.1, 0.15) is 11.3 Å². The van der Waals surface area contributed by atoms with Crippen molar-refractivity contribution in [3.63, 3.8) is 0 Å². The van der Waals surface area contributed by atoms with E-state index in [-0.39, 0.29) is 17.2 Å². The van der Waals surface area contributed by atoms with E-state index < -0.39 is 0 Å². The van der Waals surface area contributed by atoms with Crippen LogP contribution in [0.4, 0.5) is 5.69 Å². The van der Waals surface area contributed by atoms with Gasteiger partial charge in [-0.15, -0.1) is 10.2 Å². The highest BCUT2D eigenvalue weighted by Crippen LogP contribution is 2.27. The van der Waals surface area contributed by atoms with Crippen LogP contribution in [0.25, 0.3) is 16.7 Å². The van der Waals surface area contributed by atoms with Gasteiger partial charge in [-0.3, -0.25) is 4.57 Å². The van der Waals surface area contributed by atoms with E-state index in [2.05, 4.69) is 15.1 Å². The van der Waals surface area contributed by atoms with Gasteiger partial charge in [0.25, 0.3) is 0 Å². The molecule has 8 nitrogen and oxygen atoms in total. The molecule has 0 amide bonds. The van der Waals surface area contributed by atoms with Gasteiger partial charge in [-0.05, 0) is 30.2 Å². The highest BCUT2D eigenvalue weighted by atomic mass is 35.5. The number of aromatic nitrogens is 5. The minimum Gasteiger partial charge on any atom is -0.391 e. The summed E-state index contributed by atoms with van der Waals surface area (Å²) in [5.41, 5.74) is 3.00. The van der Waals surface area contributed by atoms with E-state index in [0.717, 1.165) is 17.8 Å². The molecule has 166 valence electrons. The first-order valence-electron chi connectivity index (χ1n) is 10.7. The molecule has 4 heterocycles. The molecule has 0 bridgehead atoms. The van der Waals surface area contributed by atoms with Crippen molar-refractivity contribution in [1.29, 1.82) is 0 Å². The van der Waals surface area contributed by atoms with Crippen LogP contribution in [0.3, 0.4) is 0 Å². The summed E-state index contributed by atoms with van der Waals surface area (Å²) in [6.45, 7) is 7.68. The lowest BCUT2D eigenvalue weighted by atomic mass is 9.96. The third-order valence-electron chi connectivity index (χ3n) is 5.89. The molecule has 0 saturated carbocycles. The van der Waals surface area contributed by atoms with Gasteiger partial charge in [0.15, 0.2) is 5.65 Å². The molecule has 1 aromatic carbocycles. The van der Waals surface area contributed by atoms with E-state index in [9.17, 15) is 9.90 Å². The van der Waals surface area contributed by atoms with Gasteiger partial charge in [0, 0.05) is 23.5 Å². The van der Waals surface area contributed by atoms with Gasteiger partial charge in [-0.1, -0.05) is 44.5 Å². The number of aliphatic hydroxyl groups excluding tert-OH is 1. The van der Waals surface area contributed by atoms with Crippen LogP contribution in [-0.4, -0.2) is 48.4 Å². The summed E-state index contributed by atoms with van der Waals surface area (Å²) in [5, 5.41) is 19.3.